The summed E-state index contributed by atoms with van der Waals surface area (Å²) in [5.41, 5.74) is -4.17. The van der Waals surface area contributed by atoms with Gasteiger partial charge in [-0.15, -0.1) is 0 Å². The van der Waals surface area contributed by atoms with Crippen molar-refractivity contribution in [2.75, 3.05) is 19.8 Å². The molecule has 0 amide bonds. The van der Waals surface area contributed by atoms with E-state index in [2.05, 4.69) is 50.5 Å². The molecule has 11 nitrogen and oxygen atoms in total. The number of aliphatic hydroxyl groups excluding tert-OH is 3. The number of rotatable bonds is 17. The molecule has 0 aromatic carbocycles. The van der Waals surface area contributed by atoms with Crippen LogP contribution in [0.15, 0.2) is 0 Å². The second-order valence-electron chi connectivity index (χ2n) is 7.77. The molecule has 15 heteroatoms. The van der Waals surface area contributed by atoms with Crippen molar-refractivity contribution in [1.82, 2.24) is 0 Å². The van der Waals surface area contributed by atoms with Gasteiger partial charge in [-0.25, -0.2) is 0 Å². The van der Waals surface area contributed by atoms with Crippen LogP contribution in [0.2, 0.25) is 0 Å². The number of carbonyl (C=O) groups is 4. The molecule has 0 aromatic heterocycles. The summed E-state index contributed by atoms with van der Waals surface area (Å²) in [5.74, 6) is -6.98. The van der Waals surface area contributed by atoms with E-state index in [9.17, 15) is 54.9 Å². The minimum atomic E-state index is -2.09. The first-order chi connectivity index (χ1) is 15.2. The van der Waals surface area contributed by atoms with Crippen molar-refractivity contribution in [3.8, 4) is 0 Å². The van der Waals surface area contributed by atoms with E-state index in [0.717, 1.165) is 0 Å². The number of hydrogen-bond acceptors (Lipinski definition) is 11. The van der Waals surface area contributed by atoms with Crippen LogP contribution in [0.4, 0.5) is 0 Å². The van der Waals surface area contributed by atoms with E-state index in [1.807, 2.05) is 0 Å². The summed E-state index contributed by atoms with van der Waals surface area (Å²) in [4.78, 5) is 46.2. The Bertz CT molecular complexity index is 649. The normalized spacial score (nSPS) is 18.4. The Labute approximate surface area is 212 Å². The van der Waals surface area contributed by atoms with Gasteiger partial charge < -0.3 is 35.7 Å². The maximum absolute atomic E-state index is 11.6. The zero-order valence-corrected chi connectivity index (χ0v) is 21.0. The molecule has 0 aliphatic carbocycles. The fourth-order valence-electron chi connectivity index (χ4n) is 4.46. The fourth-order valence-corrected chi connectivity index (χ4v) is 7.50. The third-order valence-corrected chi connectivity index (χ3v) is 8.04. The van der Waals surface area contributed by atoms with Crippen LogP contribution in [0.3, 0.4) is 0 Å². The Morgan fingerprint density at radius 1 is 0.576 bits per heavy atom. The maximum atomic E-state index is 11.6. The van der Waals surface area contributed by atoms with Crippen molar-refractivity contribution in [2.24, 2.45) is 16.7 Å². The number of hydrogen-bond donors (Lipinski definition) is 11. The highest BCUT2D eigenvalue weighted by molar-refractivity contribution is 7.82. The molecule has 0 spiro atoms. The Morgan fingerprint density at radius 3 is 1.06 bits per heavy atom. The summed E-state index contributed by atoms with van der Waals surface area (Å²) in [6.07, 6.45) is -2.99. The highest BCUT2D eigenvalue weighted by Crippen LogP contribution is 2.59. The molecule has 0 saturated heterocycles. The molecule has 4 atom stereocenters. The minimum Gasteiger partial charge on any atom is -0.481 e. The van der Waals surface area contributed by atoms with Crippen LogP contribution in [0.25, 0.3) is 0 Å². The lowest BCUT2D eigenvalue weighted by molar-refractivity contribution is -0.152. The molecular weight excluding hydrogens is 520 g/mol. The summed E-state index contributed by atoms with van der Waals surface area (Å²) < 4.78 is 0. The molecule has 4 unspecified atom stereocenters. The van der Waals surface area contributed by atoms with Crippen LogP contribution < -0.4 is 0 Å². The Kier molecular flexibility index (Phi) is 13.5. The van der Waals surface area contributed by atoms with Gasteiger partial charge in [-0.3, -0.25) is 19.2 Å². The van der Waals surface area contributed by atoms with Crippen LogP contribution in [0.5, 0.6) is 0 Å². The Morgan fingerprint density at radius 2 is 0.848 bits per heavy atom. The number of aliphatic carboxylic acids is 4. The van der Waals surface area contributed by atoms with Crippen molar-refractivity contribution < 1.29 is 54.9 Å². The topological polar surface area (TPSA) is 210 Å². The van der Waals surface area contributed by atoms with Crippen molar-refractivity contribution in [1.29, 1.82) is 0 Å². The van der Waals surface area contributed by atoms with Gasteiger partial charge in [0, 0.05) is 31.8 Å². The van der Waals surface area contributed by atoms with Gasteiger partial charge in [-0.2, -0.15) is 50.5 Å². The molecule has 192 valence electrons. The Balaban J connectivity index is 7.54. The summed E-state index contributed by atoms with van der Waals surface area (Å²) in [5, 5.41) is 62.9. The van der Waals surface area contributed by atoms with E-state index < -0.39 is 107 Å². The quantitative estimate of drug-likeness (QED) is 0.105. The van der Waals surface area contributed by atoms with Crippen LogP contribution >= 0.6 is 50.5 Å². The second-order valence-corrected chi connectivity index (χ2v) is 10.3. The second kappa shape index (κ2) is 13.9. The monoisotopic (exact) mass is 550 g/mol. The summed E-state index contributed by atoms with van der Waals surface area (Å²) in [7, 11) is 0. The molecule has 0 rings (SSSR count). The largest absolute Gasteiger partial charge is 0.481 e. The molecular formula is C18H30O11S4. The number of aliphatic hydroxyl groups is 3. The van der Waals surface area contributed by atoms with Crippen LogP contribution in [-0.4, -0.2) is 100 Å². The molecule has 0 heterocycles. The van der Waals surface area contributed by atoms with Crippen LogP contribution in [0, 0.1) is 16.7 Å². The predicted molar refractivity (Wildman–Crippen MR) is 130 cm³/mol. The lowest BCUT2D eigenvalue weighted by atomic mass is 9.51. The van der Waals surface area contributed by atoms with E-state index in [-0.39, 0.29) is 0 Å². The Hall–Kier alpha value is -0.840. The molecule has 0 aliphatic heterocycles. The molecule has 0 aromatic rings. The summed E-state index contributed by atoms with van der Waals surface area (Å²) in [6.45, 7) is -3.07. The lowest BCUT2D eigenvalue weighted by Crippen LogP contribution is -2.67. The summed E-state index contributed by atoms with van der Waals surface area (Å²) in [6, 6.07) is 0. The number of carboxylic acids is 4. The van der Waals surface area contributed by atoms with Gasteiger partial charge in [0.2, 0.25) is 0 Å². The smallest absolute Gasteiger partial charge is 0.304 e. The third kappa shape index (κ3) is 7.57. The molecule has 0 saturated carbocycles. The van der Waals surface area contributed by atoms with Crippen molar-refractivity contribution in [2.45, 2.75) is 46.7 Å². The van der Waals surface area contributed by atoms with E-state index in [1.54, 1.807) is 0 Å². The average molecular weight is 551 g/mol. The molecule has 0 radical (unpaired) electrons. The van der Waals surface area contributed by atoms with Gasteiger partial charge in [0.25, 0.3) is 0 Å². The minimum absolute atomic E-state index is 0.703. The molecule has 0 fully saturated rings. The summed E-state index contributed by atoms with van der Waals surface area (Å²) >= 11 is 17.3. The first-order valence-corrected chi connectivity index (χ1v) is 11.6. The number of carboxylic acid groups (broad SMARTS) is 4. The zero-order valence-electron chi connectivity index (χ0n) is 17.4. The first kappa shape index (κ1) is 32.2. The SMILES string of the molecule is O=C(O)CC(S)C(C(S)CC(=O)O)C(C(S)CC(=O)O)(C(S)CC(=O)O)C(CO)(CO)CO. The van der Waals surface area contributed by atoms with Crippen molar-refractivity contribution in [3.05, 3.63) is 0 Å². The van der Waals surface area contributed by atoms with Crippen LogP contribution in [-0.2, 0) is 19.2 Å². The van der Waals surface area contributed by atoms with Crippen LogP contribution in [0.1, 0.15) is 25.7 Å². The van der Waals surface area contributed by atoms with Gasteiger partial charge >= 0.3 is 23.9 Å². The molecule has 0 aliphatic rings. The number of thiol groups is 4. The average Bonchev–Trinajstić information content (AvgIpc) is 2.65. The lowest BCUT2D eigenvalue weighted by Gasteiger charge is -2.60. The molecule has 0 bridgehead atoms. The molecule has 7 N–H and O–H groups in total. The fraction of sp³-hybridized carbons (Fsp3) is 0.778. The van der Waals surface area contributed by atoms with E-state index >= 15 is 0 Å². The van der Waals surface area contributed by atoms with Crippen molar-refractivity contribution in [3.63, 3.8) is 0 Å². The third-order valence-electron chi connectivity index (χ3n) is 5.81. The standard InChI is InChI=1S/C18H30O11S4/c19-5-17(6-20,7-21)18(10(32)3-14(26)27,11(33)4-15(28)29)16(8(30)1-12(22)23)9(31)2-13(24)25/h8-11,16,19-21,30-33H,1-7H2,(H,22,23)(H,24,25)(H,26,27)(H,28,29). The van der Waals surface area contributed by atoms with E-state index in [4.69, 9.17) is 0 Å². The zero-order chi connectivity index (χ0) is 26.1. The van der Waals surface area contributed by atoms with E-state index in [1.165, 1.54) is 0 Å². The van der Waals surface area contributed by atoms with Crippen molar-refractivity contribution >= 4 is 74.4 Å². The van der Waals surface area contributed by atoms with Gasteiger partial charge in [0.1, 0.15) is 0 Å². The van der Waals surface area contributed by atoms with Gasteiger partial charge in [-0.05, 0) is 5.92 Å². The van der Waals surface area contributed by atoms with Gasteiger partial charge in [0.05, 0.1) is 45.5 Å². The maximum Gasteiger partial charge on any atom is 0.304 e. The highest BCUT2D eigenvalue weighted by Gasteiger charge is 2.64. The molecule has 33 heavy (non-hydrogen) atoms. The first-order valence-electron chi connectivity index (χ1n) is 9.58. The predicted octanol–water partition coefficient (Wildman–Crippen LogP) is -0.355. The van der Waals surface area contributed by atoms with Gasteiger partial charge in [-0.1, -0.05) is 0 Å². The van der Waals surface area contributed by atoms with E-state index in [0.29, 0.717) is 0 Å². The highest BCUT2D eigenvalue weighted by atomic mass is 32.1. The van der Waals surface area contributed by atoms with Gasteiger partial charge in [0.15, 0.2) is 0 Å².